The van der Waals surface area contributed by atoms with Crippen molar-refractivity contribution < 1.29 is 23.5 Å². The van der Waals surface area contributed by atoms with Crippen LogP contribution in [0.2, 0.25) is 0 Å². The molecule has 1 heterocycles. The average molecular weight is 310 g/mol. The van der Waals surface area contributed by atoms with E-state index in [9.17, 15) is 14.4 Å². The van der Waals surface area contributed by atoms with Crippen LogP contribution in [0.15, 0.2) is 22.8 Å². The number of amides is 2. The first-order valence-electron chi connectivity index (χ1n) is 7.27. The van der Waals surface area contributed by atoms with E-state index in [0.717, 1.165) is 0 Å². The monoisotopic (exact) mass is 310 g/mol. The van der Waals surface area contributed by atoms with Crippen molar-refractivity contribution in [3.8, 4) is 0 Å². The lowest BCUT2D eigenvalue weighted by Crippen LogP contribution is -2.35. The number of carbonyl (C=O) groups excluding carboxylic acids is 3. The summed E-state index contributed by atoms with van der Waals surface area (Å²) in [6.07, 6.45) is 2.14. The fourth-order valence-corrected chi connectivity index (χ4v) is 1.86. The molecule has 0 aromatic carbocycles. The highest BCUT2D eigenvalue weighted by Crippen LogP contribution is 2.07. The predicted octanol–water partition coefficient (Wildman–Crippen LogP) is 1.20. The maximum atomic E-state index is 12.3. The summed E-state index contributed by atoms with van der Waals surface area (Å²) in [5.74, 6) is -0.516. The third-order valence-electron chi connectivity index (χ3n) is 2.89. The van der Waals surface area contributed by atoms with E-state index in [1.54, 1.807) is 19.1 Å². The third kappa shape index (κ3) is 6.43. The molecule has 0 aliphatic rings. The minimum Gasteiger partial charge on any atom is -0.466 e. The molecule has 7 heteroatoms. The van der Waals surface area contributed by atoms with Crippen LogP contribution in [0, 0.1) is 0 Å². The van der Waals surface area contributed by atoms with Crippen LogP contribution in [0.25, 0.3) is 0 Å². The zero-order chi connectivity index (χ0) is 16.4. The SMILES string of the molecule is CCOC(=O)CCN(CCCNC(C)=O)C(=O)c1ccco1. The zero-order valence-corrected chi connectivity index (χ0v) is 13.0. The summed E-state index contributed by atoms with van der Waals surface area (Å²) in [5, 5.41) is 2.67. The highest BCUT2D eigenvalue weighted by atomic mass is 16.5. The van der Waals surface area contributed by atoms with Crippen LogP contribution in [0.3, 0.4) is 0 Å². The summed E-state index contributed by atoms with van der Waals surface area (Å²) in [6.45, 7) is 4.62. The molecule has 2 amide bonds. The van der Waals surface area contributed by atoms with E-state index in [2.05, 4.69) is 5.32 Å². The topological polar surface area (TPSA) is 88.9 Å². The Morgan fingerprint density at radius 2 is 2.09 bits per heavy atom. The molecule has 0 spiro atoms. The number of nitrogens with zero attached hydrogens (tertiary/aromatic N) is 1. The lowest BCUT2D eigenvalue weighted by molar-refractivity contribution is -0.143. The van der Waals surface area contributed by atoms with Crippen molar-refractivity contribution in [1.29, 1.82) is 0 Å². The fourth-order valence-electron chi connectivity index (χ4n) is 1.86. The van der Waals surface area contributed by atoms with Crippen molar-refractivity contribution in [1.82, 2.24) is 10.2 Å². The number of furan rings is 1. The molecule has 0 radical (unpaired) electrons. The number of carbonyl (C=O) groups is 3. The lowest BCUT2D eigenvalue weighted by Gasteiger charge is -2.21. The van der Waals surface area contributed by atoms with Gasteiger partial charge in [0, 0.05) is 26.6 Å². The van der Waals surface area contributed by atoms with Crippen LogP contribution in [0.5, 0.6) is 0 Å². The van der Waals surface area contributed by atoms with Crippen molar-refractivity contribution in [3.05, 3.63) is 24.2 Å². The van der Waals surface area contributed by atoms with Gasteiger partial charge >= 0.3 is 5.97 Å². The van der Waals surface area contributed by atoms with Gasteiger partial charge in [0.2, 0.25) is 5.91 Å². The summed E-state index contributed by atoms with van der Waals surface area (Å²) >= 11 is 0. The standard InChI is InChI=1S/C15H22N2O5/c1-3-21-14(19)7-10-17(9-5-8-16-12(2)18)15(20)13-6-4-11-22-13/h4,6,11H,3,5,7-10H2,1-2H3,(H,16,18). The second-order valence-electron chi connectivity index (χ2n) is 4.66. The van der Waals surface area contributed by atoms with Gasteiger partial charge in [0.25, 0.3) is 5.91 Å². The van der Waals surface area contributed by atoms with Gasteiger partial charge in [-0.25, -0.2) is 0 Å². The summed E-state index contributed by atoms with van der Waals surface area (Å²) in [6, 6.07) is 3.21. The Labute approximate surface area is 129 Å². The first kappa shape index (κ1) is 17.7. The Morgan fingerprint density at radius 3 is 2.68 bits per heavy atom. The molecule has 7 nitrogen and oxygen atoms in total. The molecule has 0 saturated heterocycles. The minimum atomic E-state index is -0.346. The molecule has 0 saturated carbocycles. The first-order chi connectivity index (χ1) is 10.5. The van der Waals surface area contributed by atoms with Crippen molar-refractivity contribution >= 4 is 17.8 Å². The molecular formula is C15H22N2O5. The third-order valence-corrected chi connectivity index (χ3v) is 2.89. The Morgan fingerprint density at radius 1 is 1.32 bits per heavy atom. The molecule has 0 fully saturated rings. The van der Waals surface area contributed by atoms with Gasteiger partial charge in [-0.1, -0.05) is 0 Å². The number of nitrogens with one attached hydrogen (secondary N) is 1. The minimum absolute atomic E-state index is 0.115. The van der Waals surface area contributed by atoms with Gasteiger partial charge in [-0.15, -0.1) is 0 Å². The maximum absolute atomic E-state index is 12.3. The second-order valence-corrected chi connectivity index (χ2v) is 4.66. The number of ether oxygens (including phenoxy) is 1. The van der Waals surface area contributed by atoms with Crippen molar-refractivity contribution in [2.75, 3.05) is 26.2 Å². The van der Waals surface area contributed by atoms with E-state index in [4.69, 9.17) is 9.15 Å². The van der Waals surface area contributed by atoms with E-state index in [0.29, 0.717) is 26.1 Å². The van der Waals surface area contributed by atoms with Crippen LogP contribution in [-0.2, 0) is 14.3 Å². The van der Waals surface area contributed by atoms with Crippen molar-refractivity contribution in [2.45, 2.75) is 26.7 Å². The molecule has 1 N–H and O–H groups in total. The van der Waals surface area contributed by atoms with Gasteiger partial charge in [-0.2, -0.15) is 0 Å². The summed E-state index contributed by atoms with van der Waals surface area (Å²) in [7, 11) is 0. The van der Waals surface area contributed by atoms with Gasteiger partial charge < -0.3 is 19.4 Å². The molecule has 0 atom stereocenters. The van der Waals surface area contributed by atoms with Gasteiger partial charge in [-0.05, 0) is 25.5 Å². The molecular weight excluding hydrogens is 288 g/mol. The fraction of sp³-hybridized carbons (Fsp3) is 0.533. The number of esters is 1. The lowest BCUT2D eigenvalue weighted by atomic mass is 10.3. The molecule has 1 aromatic heterocycles. The Balaban J connectivity index is 2.54. The summed E-state index contributed by atoms with van der Waals surface area (Å²) < 4.78 is 9.96. The molecule has 0 unspecified atom stereocenters. The predicted molar refractivity (Wildman–Crippen MR) is 79.2 cm³/mol. The van der Waals surface area contributed by atoms with E-state index in [-0.39, 0.29) is 36.5 Å². The highest BCUT2D eigenvalue weighted by molar-refractivity contribution is 5.91. The van der Waals surface area contributed by atoms with Crippen LogP contribution in [-0.4, -0.2) is 48.9 Å². The quantitative estimate of drug-likeness (QED) is 0.547. The average Bonchev–Trinajstić information content (AvgIpc) is 3.00. The number of hydrogen-bond acceptors (Lipinski definition) is 5. The van der Waals surface area contributed by atoms with Crippen LogP contribution < -0.4 is 5.32 Å². The molecule has 0 aliphatic carbocycles. The number of rotatable bonds is 9. The van der Waals surface area contributed by atoms with Crippen LogP contribution in [0.1, 0.15) is 37.2 Å². The van der Waals surface area contributed by atoms with Crippen LogP contribution >= 0.6 is 0 Å². The Kier molecular flexibility index (Phi) is 7.74. The van der Waals surface area contributed by atoms with Crippen molar-refractivity contribution in [3.63, 3.8) is 0 Å². The molecule has 122 valence electrons. The Bertz CT molecular complexity index is 484. The van der Waals surface area contributed by atoms with E-state index in [1.165, 1.54) is 18.1 Å². The van der Waals surface area contributed by atoms with Crippen LogP contribution in [0.4, 0.5) is 0 Å². The summed E-state index contributed by atoms with van der Waals surface area (Å²) in [4.78, 5) is 36.1. The smallest absolute Gasteiger partial charge is 0.307 e. The largest absolute Gasteiger partial charge is 0.466 e. The molecule has 0 bridgehead atoms. The van der Waals surface area contributed by atoms with Gasteiger partial charge in [0.1, 0.15) is 0 Å². The zero-order valence-electron chi connectivity index (χ0n) is 13.0. The van der Waals surface area contributed by atoms with E-state index >= 15 is 0 Å². The molecule has 22 heavy (non-hydrogen) atoms. The maximum Gasteiger partial charge on any atom is 0.307 e. The molecule has 1 aromatic rings. The van der Waals surface area contributed by atoms with Crippen molar-refractivity contribution in [2.24, 2.45) is 0 Å². The van der Waals surface area contributed by atoms with E-state index in [1.807, 2.05) is 0 Å². The van der Waals surface area contributed by atoms with E-state index < -0.39 is 0 Å². The second kappa shape index (κ2) is 9.59. The Hall–Kier alpha value is -2.31. The summed E-state index contributed by atoms with van der Waals surface area (Å²) in [5.41, 5.74) is 0. The van der Waals surface area contributed by atoms with Gasteiger partial charge in [0.15, 0.2) is 5.76 Å². The normalized spacial score (nSPS) is 10.1. The molecule has 1 rings (SSSR count). The first-order valence-corrected chi connectivity index (χ1v) is 7.27. The number of hydrogen-bond donors (Lipinski definition) is 1. The molecule has 0 aliphatic heterocycles. The highest BCUT2D eigenvalue weighted by Gasteiger charge is 2.19. The van der Waals surface area contributed by atoms with Gasteiger partial charge in [0.05, 0.1) is 19.3 Å². The van der Waals surface area contributed by atoms with Gasteiger partial charge in [-0.3, -0.25) is 14.4 Å².